The molecule has 1 N–H and O–H groups in total. The molecule has 0 spiro atoms. The highest BCUT2D eigenvalue weighted by molar-refractivity contribution is 6.03. The van der Waals surface area contributed by atoms with Crippen LogP contribution in [0.3, 0.4) is 0 Å². The summed E-state index contributed by atoms with van der Waals surface area (Å²) in [7, 11) is 0. The molecule has 1 aliphatic rings. The van der Waals surface area contributed by atoms with Crippen molar-refractivity contribution in [1.29, 1.82) is 0 Å². The van der Waals surface area contributed by atoms with Crippen LogP contribution in [0.15, 0.2) is 42.5 Å². The highest BCUT2D eigenvalue weighted by Crippen LogP contribution is 2.19. The molecule has 0 saturated carbocycles. The predicted molar refractivity (Wildman–Crippen MR) is 85.2 cm³/mol. The van der Waals surface area contributed by atoms with E-state index in [2.05, 4.69) is 5.32 Å². The maximum Gasteiger partial charge on any atom is 0.233 e. The summed E-state index contributed by atoms with van der Waals surface area (Å²) in [5, 5.41) is 2.30. The van der Waals surface area contributed by atoms with Crippen molar-refractivity contribution in [1.82, 2.24) is 4.90 Å². The molecule has 0 radical (unpaired) electrons. The fourth-order valence-corrected chi connectivity index (χ4v) is 2.74. The molecule has 2 aromatic rings. The number of nitrogens with zero attached hydrogens (tertiary/aromatic N) is 1. The molecule has 1 heterocycles. The van der Waals surface area contributed by atoms with Gasteiger partial charge in [-0.05, 0) is 29.7 Å². The molecule has 3 rings (SSSR count). The van der Waals surface area contributed by atoms with Crippen molar-refractivity contribution in [2.75, 3.05) is 11.9 Å². The minimum atomic E-state index is -0.873. The largest absolute Gasteiger partial charge is 0.338 e. The summed E-state index contributed by atoms with van der Waals surface area (Å²) >= 11 is 0. The Morgan fingerprint density at radius 1 is 1.08 bits per heavy atom. The van der Waals surface area contributed by atoms with Gasteiger partial charge in [0.2, 0.25) is 11.8 Å². The van der Waals surface area contributed by atoms with Crippen molar-refractivity contribution in [3.63, 3.8) is 0 Å². The van der Waals surface area contributed by atoms with E-state index in [0.717, 1.165) is 24.1 Å². The smallest absolute Gasteiger partial charge is 0.233 e. The molecule has 1 aliphatic heterocycles. The summed E-state index contributed by atoms with van der Waals surface area (Å²) in [6.07, 6.45) is 0.370. The highest BCUT2D eigenvalue weighted by Gasteiger charge is 2.22. The number of fused-ring (bicyclic) bond motifs is 1. The second kappa shape index (κ2) is 6.78. The summed E-state index contributed by atoms with van der Waals surface area (Å²) in [6.45, 7) is 1.02. The van der Waals surface area contributed by atoms with Crippen molar-refractivity contribution in [3.8, 4) is 0 Å². The first kappa shape index (κ1) is 16.1. The summed E-state index contributed by atoms with van der Waals surface area (Å²) in [5.74, 6) is -2.54. The molecule has 0 atom stereocenters. The van der Waals surface area contributed by atoms with Gasteiger partial charge in [0, 0.05) is 19.2 Å². The first-order valence-electron chi connectivity index (χ1n) is 7.62. The van der Waals surface area contributed by atoms with Crippen LogP contribution in [-0.2, 0) is 22.6 Å². The Bertz CT molecular complexity index is 792. The van der Waals surface area contributed by atoms with Crippen molar-refractivity contribution in [2.45, 2.75) is 19.4 Å². The van der Waals surface area contributed by atoms with Gasteiger partial charge in [-0.25, -0.2) is 8.78 Å². The number of hydrogen-bond donors (Lipinski definition) is 1. The topological polar surface area (TPSA) is 49.4 Å². The Hall–Kier alpha value is -2.76. The third-order valence-corrected chi connectivity index (χ3v) is 4.00. The van der Waals surface area contributed by atoms with Gasteiger partial charge in [-0.2, -0.15) is 0 Å². The molecule has 4 nitrogen and oxygen atoms in total. The molecule has 0 unspecified atom stereocenters. The van der Waals surface area contributed by atoms with Crippen LogP contribution in [0.4, 0.5) is 14.5 Å². The maximum atomic E-state index is 13.5. The van der Waals surface area contributed by atoms with Crippen LogP contribution in [0.2, 0.25) is 0 Å². The van der Waals surface area contributed by atoms with Crippen molar-refractivity contribution in [2.24, 2.45) is 0 Å². The minimum Gasteiger partial charge on any atom is -0.338 e. The average Bonchev–Trinajstić information content (AvgIpc) is 2.57. The van der Waals surface area contributed by atoms with Gasteiger partial charge in [0.25, 0.3) is 0 Å². The van der Waals surface area contributed by atoms with E-state index in [1.165, 1.54) is 5.56 Å². The van der Waals surface area contributed by atoms with Crippen LogP contribution in [0.1, 0.15) is 17.5 Å². The summed E-state index contributed by atoms with van der Waals surface area (Å²) in [5.41, 5.74) is 2.14. The second-order valence-electron chi connectivity index (χ2n) is 5.68. The molecule has 0 saturated heterocycles. The first-order chi connectivity index (χ1) is 11.5. The lowest BCUT2D eigenvalue weighted by atomic mass is 10.00. The third-order valence-electron chi connectivity index (χ3n) is 4.00. The molecule has 124 valence electrons. The second-order valence-corrected chi connectivity index (χ2v) is 5.68. The molecule has 24 heavy (non-hydrogen) atoms. The Morgan fingerprint density at radius 2 is 1.83 bits per heavy atom. The summed E-state index contributed by atoms with van der Waals surface area (Å²) in [6, 6.07) is 10.7. The zero-order valence-corrected chi connectivity index (χ0v) is 12.9. The Morgan fingerprint density at radius 3 is 2.58 bits per heavy atom. The van der Waals surface area contributed by atoms with Gasteiger partial charge >= 0.3 is 0 Å². The molecular weight excluding hydrogens is 314 g/mol. The standard InChI is InChI=1S/C18H16F2N2O2/c19-14-5-6-16(15(20)9-14)21-17(23)10-18(24)22-8-7-12-3-1-2-4-13(12)11-22/h1-6,9H,7-8,10-11H2,(H,21,23). The molecule has 0 aliphatic carbocycles. The number of benzene rings is 2. The van der Waals surface area contributed by atoms with Crippen LogP contribution >= 0.6 is 0 Å². The Labute approximate surface area is 138 Å². The molecule has 0 bridgehead atoms. The summed E-state index contributed by atoms with van der Waals surface area (Å²) < 4.78 is 26.4. The zero-order valence-electron chi connectivity index (χ0n) is 12.9. The van der Waals surface area contributed by atoms with E-state index in [-0.39, 0.29) is 18.0 Å². The van der Waals surface area contributed by atoms with Crippen LogP contribution < -0.4 is 5.32 Å². The quantitative estimate of drug-likeness (QED) is 0.880. The number of carbonyl (C=O) groups is 2. The van der Waals surface area contributed by atoms with Crippen LogP contribution in [-0.4, -0.2) is 23.3 Å². The highest BCUT2D eigenvalue weighted by atomic mass is 19.1. The number of hydrogen-bond acceptors (Lipinski definition) is 2. The van der Waals surface area contributed by atoms with E-state index in [1.54, 1.807) is 4.90 Å². The number of rotatable bonds is 3. The van der Waals surface area contributed by atoms with Crippen LogP contribution in [0, 0.1) is 11.6 Å². The van der Waals surface area contributed by atoms with Crippen molar-refractivity contribution < 1.29 is 18.4 Å². The molecule has 6 heteroatoms. The van der Waals surface area contributed by atoms with Gasteiger partial charge < -0.3 is 10.2 Å². The fourth-order valence-electron chi connectivity index (χ4n) is 2.74. The number of nitrogens with one attached hydrogen (secondary N) is 1. The van der Waals surface area contributed by atoms with Crippen molar-refractivity contribution in [3.05, 3.63) is 65.2 Å². The molecule has 0 aromatic heterocycles. The number of anilines is 1. The number of amides is 2. The van der Waals surface area contributed by atoms with E-state index < -0.39 is 17.5 Å². The predicted octanol–water partition coefficient (Wildman–Crippen LogP) is 2.88. The number of carbonyl (C=O) groups excluding carboxylic acids is 2. The molecule has 2 amide bonds. The van der Waals surface area contributed by atoms with Gasteiger partial charge in [0.15, 0.2) is 0 Å². The van der Waals surface area contributed by atoms with Gasteiger partial charge in [-0.15, -0.1) is 0 Å². The van der Waals surface area contributed by atoms with Crippen molar-refractivity contribution >= 4 is 17.5 Å². The van der Waals surface area contributed by atoms with Gasteiger partial charge in [0.1, 0.15) is 18.1 Å². The molecular formula is C18H16F2N2O2. The lowest BCUT2D eigenvalue weighted by molar-refractivity contribution is -0.135. The monoisotopic (exact) mass is 330 g/mol. The van der Waals surface area contributed by atoms with E-state index in [0.29, 0.717) is 19.2 Å². The molecule has 0 fully saturated rings. The van der Waals surface area contributed by atoms with Crippen LogP contribution in [0.5, 0.6) is 0 Å². The van der Waals surface area contributed by atoms with Gasteiger partial charge in [-0.3, -0.25) is 9.59 Å². The lowest BCUT2D eigenvalue weighted by Crippen LogP contribution is -2.37. The fraction of sp³-hybridized carbons (Fsp3) is 0.222. The minimum absolute atomic E-state index is 0.141. The lowest BCUT2D eigenvalue weighted by Gasteiger charge is -2.28. The first-order valence-corrected chi connectivity index (χ1v) is 7.62. The van der Waals surface area contributed by atoms with E-state index in [9.17, 15) is 18.4 Å². The van der Waals surface area contributed by atoms with Gasteiger partial charge in [-0.1, -0.05) is 24.3 Å². The summed E-state index contributed by atoms with van der Waals surface area (Å²) in [4.78, 5) is 25.8. The number of halogens is 2. The average molecular weight is 330 g/mol. The normalized spacial score (nSPS) is 13.3. The van der Waals surface area contributed by atoms with Crippen LogP contribution in [0.25, 0.3) is 0 Å². The third kappa shape index (κ3) is 3.59. The Balaban J connectivity index is 1.60. The van der Waals surface area contributed by atoms with E-state index in [4.69, 9.17) is 0 Å². The molecule has 2 aromatic carbocycles. The van der Waals surface area contributed by atoms with E-state index in [1.807, 2.05) is 24.3 Å². The van der Waals surface area contributed by atoms with Gasteiger partial charge in [0.05, 0.1) is 5.69 Å². The SMILES string of the molecule is O=C(CC(=O)N1CCc2ccccc2C1)Nc1ccc(F)cc1F. The zero-order chi connectivity index (χ0) is 17.1. The van der Waals surface area contributed by atoms with E-state index >= 15 is 0 Å². The Kier molecular flexibility index (Phi) is 4.55. The maximum absolute atomic E-state index is 13.5.